The van der Waals surface area contributed by atoms with Gasteiger partial charge < -0.3 is 5.11 Å². The molecule has 190 valence electrons. The van der Waals surface area contributed by atoms with E-state index in [-0.39, 0.29) is 16.7 Å². The number of nitrogens with zero attached hydrogens (tertiary/aromatic N) is 1. The molecule has 1 aliphatic heterocycles. The fraction of sp³-hybridized carbons (Fsp3) is 0.250. The van der Waals surface area contributed by atoms with Gasteiger partial charge in [-0.2, -0.15) is 0 Å². The summed E-state index contributed by atoms with van der Waals surface area (Å²) in [6.45, 7) is 2.67. The second-order valence-electron chi connectivity index (χ2n) is 9.87. The molecule has 4 aromatic carbocycles. The first-order valence-electron chi connectivity index (χ1n) is 12.8. The lowest BCUT2D eigenvalue weighted by atomic mass is 9.75. The lowest BCUT2D eigenvalue weighted by Gasteiger charge is -2.47. The van der Waals surface area contributed by atoms with Crippen LogP contribution in [0.3, 0.4) is 0 Å². The molecule has 1 N–H and O–H groups in total. The molecule has 2 atom stereocenters. The topological polar surface area (TPSA) is 57.6 Å². The Morgan fingerprint density at radius 1 is 0.784 bits per heavy atom. The van der Waals surface area contributed by atoms with E-state index in [4.69, 9.17) is 0 Å². The van der Waals surface area contributed by atoms with Gasteiger partial charge in [0.25, 0.3) is 0 Å². The van der Waals surface area contributed by atoms with E-state index >= 15 is 0 Å². The van der Waals surface area contributed by atoms with Gasteiger partial charge in [0.05, 0.1) is 22.3 Å². The summed E-state index contributed by atoms with van der Waals surface area (Å²) < 4.78 is 26.6. The molecule has 0 aromatic heterocycles. The maximum Gasteiger partial charge on any atom is 0.180 e. The van der Waals surface area contributed by atoms with Gasteiger partial charge in [0.1, 0.15) is 0 Å². The summed E-state index contributed by atoms with van der Waals surface area (Å²) in [4.78, 5) is 2.59. The molecule has 0 unspecified atom stereocenters. The highest BCUT2D eigenvalue weighted by Gasteiger charge is 2.49. The predicted molar refractivity (Wildman–Crippen MR) is 148 cm³/mol. The van der Waals surface area contributed by atoms with Gasteiger partial charge in [-0.1, -0.05) is 109 Å². The predicted octanol–water partition coefficient (Wildman–Crippen LogP) is 5.59. The highest BCUT2D eigenvalue weighted by molar-refractivity contribution is 7.91. The zero-order chi connectivity index (χ0) is 25.9. The third-order valence-corrected chi connectivity index (χ3v) is 9.29. The first-order valence-corrected chi connectivity index (χ1v) is 14.5. The molecular formula is C32H33NO3S. The van der Waals surface area contributed by atoms with Crippen molar-refractivity contribution >= 4 is 9.84 Å². The number of aliphatic hydroxyl groups is 1. The summed E-state index contributed by atoms with van der Waals surface area (Å²) in [5, 5.41) is 11.6. The van der Waals surface area contributed by atoms with Gasteiger partial charge in [-0.15, -0.1) is 0 Å². The van der Waals surface area contributed by atoms with Crippen LogP contribution in [0.1, 0.15) is 35.1 Å². The summed E-state index contributed by atoms with van der Waals surface area (Å²) >= 11 is 0. The van der Waals surface area contributed by atoms with Crippen LogP contribution >= 0.6 is 0 Å². The van der Waals surface area contributed by atoms with Crippen LogP contribution in [-0.4, -0.2) is 42.9 Å². The van der Waals surface area contributed by atoms with Crippen molar-refractivity contribution in [2.75, 3.05) is 12.3 Å². The van der Waals surface area contributed by atoms with Gasteiger partial charge in [-0.25, -0.2) is 8.42 Å². The SMILES string of the molecule is Cc1ccc(S(=O)(=O)C[C@H](O)[C@H]2CCCN2C(c2ccccc2)(c2ccccc2)c2ccccc2)cc1. The lowest BCUT2D eigenvalue weighted by molar-refractivity contribution is 0.0451. The Morgan fingerprint density at radius 3 is 1.70 bits per heavy atom. The van der Waals surface area contributed by atoms with Crippen molar-refractivity contribution in [2.24, 2.45) is 0 Å². The molecule has 1 heterocycles. The van der Waals surface area contributed by atoms with Crippen molar-refractivity contribution in [3.8, 4) is 0 Å². The highest BCUT2D eigenvalue weighted by atomic mass is 32.2. The molecule has 0 bridgehead atoms. The Bertz CT molecular complexity index is 1310. The fourth-order valence-corrected chi connectivity index (χ4v) is 7.24. The van der Waals surface area contributed by atoms with E-state index in [0.717, 1.165) is 41.6 Å². The molecular weight excluding hydrogens is 478 g/mol. The number of aryl methyl sites for hydroxylation is 1. The van der Waals surface area contributed by atoms with E-state index in [1.165, 1.54) is 0 Å². The van der Waals surface area contributed by atoms with E-state index in [1.807, 2.05) is 61.5 Å². The van der Waals surface area contributed by atoms with Crippen molar-refractivity contribution in [1.82, 2.24) is 4.90 Å². The summed E-state index contributed by atoms with van der Waals surface area (Å²) in [5.41, 5.74) is 3.59. The molecule has 0 aliphatic carbocycles. The van der Waals surface area contributed by atoms with Crippen LogP contribution < -0.4 is 0 Å². The lowest BCUT2D eigenvalue weighted by Crippen LogP contribution is -2.54. The molecule has 1 saturated heterocycles. The average molecular weight is 512 g/mol. The molecule has 4 aromatic rings. The quantitative estimate of drug-likeness (QED) is 0.314. The van der Waals surface area contributed by atoms with Crippen LogP contribution in [0.2, 0.25) is 0 Å². The summed E-state index contributed by atoms with van der Waals surface area (Å²) in [6, 6.07) is 37.6. The van der Waals surface area contributed by atoms with Gasteiger partial charge in [0.15, 0.2) is 9.84 Å². The summed E-state index contributed by atoms with van der Waals surface area (Å²) in [6.07, 6.45) is 0.559. The molecule has 37 heavy (non-hydrogen) atoms. The van der Waals surface area contributed by atoms with Crippen molar-refractivity contribution in [1.29, 1.82) is 0 Å². The van der Waals surface area contributed by atoms with Crippen LogP contribution in [0.15, 0.2) is 120 Å². The van der Waals surface area contributed by atoms with E-state index < -0.39 is 21.5 Å². The number of hydrogen-bond donors (Lipinski definition) is 1. The molecule has 0 amide bonds. The standard InChI is InChI=1S/C32H33NO3S/c1-25-19-21-29(22-20-25)37(35,36)24-31(34)30-18-11-23-33(30)32(26-12-5-2-6-13-26,27-14-7-3-8-15-27)28-16-9-4-10-17-28/h2-10,12-17,19-22,30-31,34H,11,18,23-24H2,1H3/t30-,31+/m1/s1. The van der Waals surface area contributed by atoms with E-state index in [0.29, 0.717) is 0 Å². The Hall–Kier alpha value is -3.25. The van der Waals surface area contributed by atoms with Crippen molar-refractivity contribution in [2.45, 2.75) is 42.3 Å². The minimum absolute atomic E-state index is 0.252. The van der Waals surface area contributed by atoms with Gasteiger partial charge in [-0.05, 0) is 48.6 Å². The van der Waals surface area contributed by atoms with Crippen molar-refractivity contribution < 1.29 is 13.5 Å². The molecule has 0 saturated carbocycles. The molecule has 0 spiro atoms. The van der Waals surface area contributed by atoms with Crippen molar-refractivity contribution in [3.05, 3.63) is 138 Å². The normalized spacial score (nSPS) is 17.5. The number of hydrogen-bond acceptors (Lipinski definition) is 4. The maximum absolute atomic E-state index is 13.3. The minimum atomic E-state index is -3.65. The second-order valence-corrected chi connectivity index (χ2v) is 11.9. The maximum atomic E-state index is 13.3. The molecule has 1 aliphatic rings. The first kappa shape index (κ1) is 25.4. The third kappa shape index (κ3) is 4.87. The van der Waals surface area contributed by atoms with Crippen LogP contribution in [-0.2, 0) is 15.4 Å². The number of rotatable bonds is 8. The Kier molecular flexibility index (Phi) is 7.29. The van der Waals surface area contributed by atoms with Gasteiger partial charge in [-0.3, -0.25) is 4.90 Å². The average Bonchev–Trinajstić information content (AvgIpc) is 3.42. The molecule has 4 nitrogen and oxygen atoms in total. The molecule has 5 heteroatoms. The number of aliphatic hydroxyl groups excluding tert-OH is 1. The molecule has 0 radical (unpaired) electrons. The second kappa shape index (κ2) is 10.6. The van der Waals surface area contributed by atoms with Crippen LogP contribution in [0, 0.1) is 6.92 Å². The third-order valence-electron chi connectivity index (χ3n) is 7.52. The molecule has 1 fully saturated rings. The fourth-order valence-electron chi connectivity index (χ4n) is 5.82. The van der Waals surface area contributed by atoms with Crippen LogP contribution in [0.25, 0.3) is 0 Å². The smallest absolute Gasteiger partial charge is 0.180 e. The van der Waals surface area contributed by atoms with E-state index in [9.17, 15) is 13.5 Å². The van der Waals surface area contributed by atoms with Gasteiger partial charge in [0, 0.05) is 12.6 Å². The first-order chi connectivity index (χ1) is 17.9. The van der Waals surface area contributed by atoms with Gasteiger partial charge in [0.2, 0.25) is 0 Å². The Balaban J connectivity index is 1.62. The Labute approximate surface area is 220 Å². The zero-order valence-electron chi connectivity index (χ0n) is 21.1. The van der Waals surface area contributed by atoms with Crippen molar-refractivity contribution in [3.63, 3.8) is 0 Å². The number of sulfone groups is 1. The van der Waals surface area contributed by atoms with E-state index in [1.54, 1.807) is 24.3 Å². The molecule has 5 rings (SSSR count). The largest absolute Gasteiger partial charge is 0.390 e. The Morgan fingerprint density at radius 2 is 1.24 bits per heavy atom. The van der Waals surface area contributed by atoms with E-state index in [2.05, 4.69) is 41.3 Å². The summed E-state index contributed by atoms with van der Waals surface area (Å²) in [7, 11) is -3.65. The summed E-state index contributed by atoms with van der Waals surface area (Å²) in [5.74, 6) is -0.314. The zero-order valence-corrected chi connectivity index (χ0v) is 21.9. The van der Waals surface area contributed by atoms with Gasteiger partial charge >= 0.3 is 0 Å². The number of benzene rings is 4. The van der Waals surface area contributed by atoms with Crippen LogP contribution in [0.4, 0.5) is 0 Å². The number of likely N-dealkylation sites (tertiary alicyclic amines) is 1. The van der Waals surface area contributed by atoms with Crippen LogP contribution in [0.5, 0.6) is 0 Å². The highest BCUT2D eigenvalue weighted by Crippen LogP contribution is 2.46. The monoisotopic (exact) mass is 511 g/mol. The minimum Gasteiger partial charge on any atom is -0.390 e.